The lowest BCUT2D eigenvalue weighted by Crippen LogP contribution is -2.42. The minimum absolute atomic E-state index is 0.0923. The summed E-state index contributed by atoms with van der Waals surface area (Å²) in [7, 11) is 0. The zero-order valence-electron chi connectivity index (χ0n) is 14.9. The summed E-state index contributed by atoms with van der Waals surface area (Å²) in [5.74, 6) is 0.288. The Kier molecular flexibility index (Phi) is 8.74. The third-order valence-corrected chi connectivity index (χ3v) is 4.32. The van der Waals surface area contributed by atoms with E-state index in [9.17, 15) is 19.5 Å². The van der Waals surface area contributed by atoms with E-state index in [0.717, 1.165) is 6.42 Å². The normalized spacial score (nSPS) is 21.4. The number of nitrogens with one attached hydrogen (secondary N) is 1. The molecule has 24 heavy (non-hydrogen) atoms. The fourth-order valence-electron chi connectivity index (χ4n) is 2.81. The van der Waals surface area contributed by atoms with E-state index in [-0.39, 0.29) is 30.9 Å². The highest BCUT2D eigenvalue weighted by Gasteiger charge is 2.34. The van der Waals surface area contributed by atoms with Crippen molar-refractivity contribution in [1.82, 2.24) is 10.2 Å². The number of carbonyl (C=O) groups excluding carboxylic acids is 3. The summed E-state index contributed by atoms with van der Waals surface area (Å²) in [4.78, 5) is 36.9. The van der Waals surface area contributed by atoms with Crippen LogP contribution in [0.5, 0.6) is 0 Å². The lowest BCUT2D eigenvalue weighted by atomic mass is 10.1. The number of nitrogens with zero attached hydrogens (tertiary/aromatic N) is 1. The molecule has 2 amide bonds. The number of ether oxygens (including phenoxy) is 1. The summed E-state index contributed by atoms with van der Waals surface area (Å²) in [5.41, 5.74) is 0. The molecule has 3 unspecified atom stereocenters. The summed E-state index contributed by atoms with van der Waals surface area (Å²) in [6, 6.07) is -0.226. The minimum atomic E-state index is -0.543. The van der Waals surface area contributed by atoms with E-state index in [1.54, 1.807) is 18.7 Å². The number of hydrogen-bond donors (Lipinski definition) is 2. The van der Waals surface area contributed by atoms with Crippen molar-refractivity contribution < 1.29 is 24.2 Å². The molecule has 0 aromatic rings. The maximum Gasteiger partial charge on any atom is 0.410 e. The number of amides is 2. The van der Waals surface area contributed by atoms with Gasteiger partial charge in [-0.05, 0) is 18.8 Å². The first kappa shape index (κ1) is 20.4. The summed E-state index contributed by atoms with van der Waals surface area (Å²) >= 11 is 0. The number of hydrogen-bond acceptors (Lipinski definition) is 5. The summed E-state index contributed by atoms with van der Waals surface area (Å²) < 4.78 is 5.51. The fourth-order valence-corrected chi connectivity index (χ4v) is 2.81. The van der Waals surface area contributed by atoms with Gasteiger partial charge >= 0.3 is 6.09 Å². The Hall–Kier alpha value is -1.63. The van der Waals surface area contributed by atoms with E-state index in [0.29, 0.717) is 38.1 Å². The molecule has 0 saturated carbocycles. The molecule has 0 spiro atoms. The average molecular weight is 342 g/mol. The summed E-state index contributed by atoms with van der Waals surface area (Å²) in [6.45, 7) is 6.21. The molecule has 0 radical (unpaired) electrons. The van der Waals surface area contributed by atoms with Crippen molar-refractivity contribution in [3.05, 3.63) is 0 Å². The van der Waals surface area contributed by atoms with Gasteiger partial charge < -0.3 is 20.1 Å². The van der Waals surface area contributed by atoms with Gasteiger partial charge in [0.05, 0.1) is 19.2 Å². The Labute approximate surface area is 143 Å². The second kappa shape index (κ2) is 10.3. The van der Waals surface area contributed by atoms with Crippen molar-refractivity contribution in [2.45, 2.75) is 65.0 Å². The molecule has 2 N–H and O–H groups in total. The van der Waals surface area contributed by atoms with Gasteiger partial charge in [0, 0.05) is 25.8 Å². The van der Waals surface area contributed by atoms with Gasteiger partial charge in [0.1, 0.15) is 11.9 Å². The number of Topliss-reactive ketones (excluding diaryl/α,β-unsaturated/α-hetero) is 1. The van der Waals surface area contributed by atoms with Gasteiger partial charge in [-0.2, -0.15) is 0 Å². The number of ketones is 1. The van der Waals surface area contributed by atoms with Gasteiger partial charge in [-0.3, -0.25) is 9.59 Å². The van der Waals surface area contributed by atoms with Gasteiger partial charge in [-0.1, -0.05) is 20.8 Å². The maximum atomic E-state index is 12.4. The zero-order chi connectivity index (χ0) is 18.1. The average Bonchev–Trinajstić information content (AvgIpc) is 2.97. The Balaban J connectivity index is 2.62. The van der Waals surface area contributed by atoms with Gasteiger partial charge in [0.25, 0.3) is 0 Å². The van der Waals surface area contributed by atoms with E-state index in [2.05, 4.69) is 5.32 Å². The van der Waals surface area contributed by atoms with Crippen LogP contribution in [-0.4, -0.2) is 59.6 Å². The predicted octanol–water partition coefficient (Wildman–Crippen LogP) is 1.48. The van der Waals surface area contributed by atoms with Crippen LogP contribution in [0.3, 0.4) is 0 Å². The first-order chi connectivity index (χ1) is 11.4. The molecule has 1 aliphatic rings. The Bertz CT molecular complexity index is 421. The highest BCUT2D eigenvalue weighted by molar-refractivity contribution is 5.78. The Morgan fingerprint density at radius 2 is 2.00 bits per heavy atom. The molecule has 0 bridgehead atoms. The Morgan fingerprint density at radius 1 is 1.29 bits per heavy atom. The number of rotatable bonds is 9. The second-order valence-corrected chi connectivity index (χ2v) is 6.42. The maximum absolute atomic E-state index is 12.4. The molecule has 7 nitrogen and oxygen atoms in total. The van der Waals surface area contributed by atoms with Gasteiger partial charge in [0.2, 0.25) is 5.91 Å². The fraction of sp³-hybridized carbons (Fsp3) is 0.824. The molecule has 0 aliphatic carbocycles. The van der Waals surface area contributed by atoms with Crippen molar-refractivity contribution in [1.29, 1.82) is 0 Å². The van der Waals surface area contributed by atoms with E-state index >= 15 is 0 Å². The van der Waals surface area contributed by atoms with E-state index < -0.39 is 12.2 Å². The molecule has 3 atom stereocenters. The smallest absolute Gasteiger partial charge is 0.410 e. The number of likely N-dealkylation sites (tertiary alicyclic amines) is 1. The van der Waals surface area contributed by atoms with Crippen molar-refractivity contribution in [2.75, 3.05) is 19.7 Å². The topological polar surface area (TPSA) is 95.9 Å². The molecule has 1 rings (SSSR count). The van der Waals surface area contributed by atoms with Crippen LogP contribution in [0.15, 0.2) is 0 Å². The zero-order valence-corrected chi connectivity index (χ0v) is 14.9. The van der Waals surface area contributed by atoms with Crippen molar-refractivity contribution in [2.24, 2.45) is 5.92 Å². The van der Waals surface area contributed by atoms with Crippen LogP contribution in [0, 0.1) is 5.92 Å². The van der Waals surface area contributed by atoms with Crippen molar-refractivity contribution in [3.63, 3.8) is 0 Å². The Morgan fingerprint density at radius 3 is 2.58 bits per heavy atom. The van der Waals surface area contributed by atoms with Gasteiger partial charge in [0.15, 0.2) is 0 Å². The lowest BCUT2D eigenvalue weighted by molar-refractivity contribution is -0.121. The summed E-state index contributed by atoms with van der Waals surface area (Å²) in [5, 5.41) is 12.1. The van der Waals surface area contributed by atoms with Crippen molar-refractivity contribution >= 4 is 17.8 Å². The van der Waals surface area contributed by atoms with Crippen LogP contribution in [0.2, 0.25) is 0 Å². The molecule has 1 heterocycles. The first-order valence-corrected chi connectivity index (χ1v) is 8.77. The first-order valence-electron chi connectivity index (χ1n) is 8.77. The van der Waals surface area contributed by atoms with E-state index in [1.807, 2.05) is 6.92 Å². The van der Waals surface area contributed by atoms with Crippen LogP contribution in [0.25, 0.3) is 0 Å². The third kappa shape index (κ3) is 6.47. The third-order valence-electron chi connectivity index (χ3n) is 4.32. The number of aliphatic hydroxyl groups excluding tert-OH is 1. The van der Waals surface area contributed by atoms with E-state index in [4.69, 9.17) is 4.74 Å². The molecule has 1 fully saturated rings. The SMILES string of the molecule is CCC(=O)CCC(CNC(=O)CC)OC(=O)N1CC(C)CC1CO. The van der Waals surface area contributed by atoms with Crippen LogP contribution in [0.4, 0.5) is 4.79 Å². The molecule has 1 aliphatic heterocycles. The number of carbonyl (C=O) groups is 3. The molecule has 0 aromatic heterocycles. The van der Waals surface area contributed by atoms with Crippen LogP contribution in [0.1, 0.15) is 52.9 Å². The van der Waals surface area contributed by atoms with E-state index in [1.165, 1.54) is 0 Å². The van der Waals surface area contributed by atoms with Crippen LogP contribution in [-0.2, 0) is 14.3 Å². The van der Waals surface area contributed by atoms with Crippen LogP contribution >= 0.6 is 0 Å². The monoisotopic (exact) mass is 342 g/mol. The summed E-state index contributed by atoms with van der Waals surface area (Å²) in [6.07, 6.45) is 1.21. The van der Waals surface area contributed by atoms with Gasteiger partial charge in [-0.15, -0.1) is 0 Å². The largest absolute Gasteiger partial charge is 0.444 e. The highest BCUT2D eigenvalue weighted by atomic mass is 16.6. The molecule has 0 aromatic carbocycles. The molecular formula is C17H30N2O5. The molecule has 138 valence electrons. The predicted molar refractivity (Wildman–Crippen MR) is 89.5 cm³/mol. The quantitative estimate of drug-likeness (QED) is 0.662. The lowest BCUT2D eigenvalue weighted by Gasteiger charge is -2.26. The molecular weight excluding hydrogens is 312 g/mol. The minimum Gasteiger partial charge on any atom is -0.444 e. The second-order valence-electron chi connectivity index (χ2n) is 6.42. The number of aliphatic hydroxyl groups is 1. The van der Waals surface area contributed by atoms with Crippen molar-refractivity contribution in [3.8, 4) is 0 Å². The highest BCUT2D eigenvalue weighted by Crippen LogP contribution is 2.23. The van der Waals surface area contributed by atoms with Gasteiger partial charge in [-0.25, -0.2) is 4.79 Å². The van der Waals surface area contributed by atoms with Crippen LogP contribution < -0.4 is 5.32 Å². The molecule has 7 heteroatoms. The standard InChI is InChI=1S/C17H30N2O5/c1-4-14(21)6-7-15(9-18-16(22)5-2)24-17(23)19-10-12(3)8-13(19)11-20/h12-13,15,20H,4-11H2,1-3H3,(H,18,22). The molecule has 1 saturated heterocycles.